The van der Waals surface area contributed by atoms with Crippen LogP contribution in [0.3, 0.4) is 0 Å². The fourth-order valence-corrected chi connectivity index (χ4v) is 3.84. The number of para-hydroxylation sites is 1. The Morgan fingerprint density at radius 1 is 1.48 bits per heavy atom. The normalized spacial score (nSPS) is 21.6. The molecule has 0 fully saturated rings. The molecule has 116 valence electrons. The zero-order valence-corrected chi connectivity index (χ0v) is 14.1. The number of rotatable bonds is 3. The van der Waals surface area contributed by atoms with Crippen molar-refractivity contribution in [2.24, 2.45) is 0 Å². The number of methoxy groups -OCH3 is 1. The summed E-state index contributed by atoms with van der Waals surface area (Å²) in [6.45, 7) is 10.9. The van der Waals surface area contributed by atoms with Crippen LogP contribution in [0.25, 0.3) is 0 Å². The average molecular weight is 289 g/mol. The lowest BCUT2D eigenvalue weighted by molar-refractivity contribution is -0.142. The van der Waals surface area contributed by atoms with Crippen molar-refractivity contribution in [1.82, 2.24) is 0 Å². The molecule has 1 aromatic carbocycles. The van der Waals surface area contributed by atoms with Crippen molar-refractivity contribution < 1.29 is 9.53 Å². The predicted octanol–water partition coefficient (Wildman–Crippen LogP) is 4.04. The largest absolute Gasteiger partial charge is 0.467 e. The van der Waals surface area contributed by atoms with Crippen molar-refractivity contribution in [1.29, 1.82) is 0 Å². The maximum absolute atomic E-state index is 12.3. The summed E-state index contributed by atoms with van der Waals surface area (Å²) in [7, 11) is 1.48. The molecule has 3 heteroatoms. The van der Waals surface area contributed by atoms with E-state index in [1.807, 2.05) is 6.92 Å². The zero-order valence-electron chi connectivity index (χ0n) is 14.1. The summed E-state index contributed by atoms with van der Waals surface area (Å²) < 4.78 is 5.05. The van der Waals surface area contributed by atoms with Gasteiger partial charge in [-0.1, -0.05) is 32.0 Å². The Morgan fingerprint density at radius 2 is 2.14 bits per heavy atom. The minimum Gasteiger partial charge on any atom is -0.467 e. The summed E-state index contributed by atoms with van der Waals surface area (Å²) in [5, 5.41) is 0. The maximum Gasteiger partial charge on any atom is 0.328 e. The number of esters is 1. The molecule has 2 atom stereocenters. The average Bonchev–Trinajstić information content (AvgIpc) is 2.42. The summed E-state index contributed by atoms with van der Waals surface area (Å²) in [6, 6.07) is 6.21. The molecule has 0 saturated carbocycles. The summed E-state index contributed by atoms with van der Waals surface area (Å²) in [6.07, 6.45) is 1.79. The summed E-state index contributed by atoms with van der Waals surface area (Å²) >= 11 is 0. The Balaban J connectivity index is 2.62. The highest BCUT2D eigenvalue weighted by Crippen LogP contribution is 2.46. The van der Waals surface area contributed by atoms with Crippen LogP contribution in [0.4, 0.5) is 5.69 Å². The molecule has 0 aliphatic carbocycles. The summed E-state index contributed by atoms with van der Waals surface area (Å²) in [5.41, 5.74) is 3.73. The Labute approximate surface area is 128 Å². The third-order valence-corrected chi connectivity index (χ3v) is 4.67. The molecular weight excluding hydrogens is 262 g/mol. The molecule has 0 spiro atoms. The highest BCUT2D eigenvalue weighted by molar-refractivity contribution is 5.82. The smallest absolute Gasteiger partial charge is 0.328 e. The van der Waals surface area contributed by atoms with E-state index in [-0.39, 0.29) is 17.6 Å². The first-order chi connectivity index (χ1) is 9.83. The van der Waals surface area contributed by atoms with Gasteiger partial charge in [0.05, 0.1) is 7.11 Å². The fourth-order valence-electron chi connectivity index (χ4n) is 3.84. The minimum atomic E-state index is -0.225. The van der Waals surface area contributed by atoms with Crippen LogP contribution in [0.2, 0.25) is 0 Å². The molecule has 0 N–H and O–H groups in total. The summed E-state index contributed by atoms with van der Waals surface area (Å²) in [5.74, 6) is 0.357. The first-order valence-corrected chi connectivity index (χ1v) is 7.80. The van der Waals surface area contributed by atoms with E-state index < -0.39 is 0 Å². The molecule has 1 aromatic rings. The summed E-state index contributed by atoms with van der Waals surface area (Å²) in [4.78, 5) is 14.6. The first kappa shape index (κ1) is 15.9. The molecule has 2 rings (SSSR count). The van der Waals surface area contributed by atoms with Crippen LogP contribution >= 0.6 is 0 Å². The molecule has 2 unspecified atom stereocenters. The second-order valence-electron chi connectivity index (χ2n) is 6.75. The van der Waals surface area contributed by atoms with E-state index in [1.165, 1.54) is 23.9 Å². The van der Waals surface area contributed by atoms with Crippen LogP contribution in [0.15, 0.2) is 18.2 Å². The van der Waals surface area contributed by atoms with E-state index in [4.69, 9.17) is 4.74 Å². The van der Waals surface area contributed by atoms with E-state index in [9.17, 15) is 4.79 Å². The van der Waals surface area contributed by atoms with Crippen molar-refractivity contribution in [2.45, 2.75) is 65.0 Å². The quantitative estimate of drug-likeness (QED) is 0.787. The lowest BCUT2D eigenvalue weighted by Gasteiger charge is -2.50. The lowest BCUT2D eigenvalue weighted by atomic mass is 9.78. The molecule has 1 aliphatic rings. The molecule has 0 saturated heterocycles. The molecule has 0 aromatic heterocycles. The highest BCUT2D eigenvalue weighted by atomic mass is 16.5. The van der Waals surface area contributed by atoms with E-state index in [0.29, 0.717) is 5.92 Å². The minimum absolute atomic E-state index is 0.0621. The van der Waals surface area contributed by atoms with Crippen molar-refractivity contribution in [3.8, 4) is 0 Å². The van der Waals surface area contributed by atoms with Crippen LogP contribution in [-0.2, 0) is 9.53 Å². The van der Waals surface area contributed by atoms with Gasteiger partial charge in [-0.15, -0.1) is 0 Å². The van der Waals surface area contributed by atoms with Crippen LogP contribution < -0.4 is 4.90 Å². The van der Waals surface area contributed by atoms with Crippen molar-refractivity contribution in [2.75, 3.05) is 12.0 Å². The monoisotopic (exact) mass is 289 g/mol. The van der Waals surface area contributed by atoms with E-state index in [2.05, 4.69) is 50.8 Å². The molecule has 1 aliphatic heterocycles. The maximum atomic E-state index is 12.3. The van der Waals surface area contributed by atoms with Gasteiger partial charge in [-0.3, -0.25) is 0 Å². The predicted molar refractivity (Wildman–Crippen MR) is 86.9 cm³/mol. The molecule has 0 amide bonds. The molecular formula is C18H27NO2. The van der Waals surface area contributed by atoms with Gasteiger partial charge in [0, 0.05) is 11.2 Å². The standard InChI is InChI=1S/C18H27NO2/c1-7-15(17(20)21-6)19-16-12(2)9-8-10-14(16)13(3)11-18(19,4)5/h8-10,13,15H,7,11H2,1-6H3. The Bertz CT molecular complexity index is 536. The van der Waals surface area contributed by atoms with E-state index in [1.54, 1.807) is 0 Å². The molecule has 0 radical (unpaired) electrons. The molecule has 0 bridgehead atoms. The van der Waals surface area contributed by atoms with Crippen LogP contribution in [0.1, 0.15) is 57.6 Å². The number of hydrogen-bond acceptors (Lipinski definition) is 3. The van der Waals surface area contributed by atoms with Gasteiger partial charge in [0.25, 0.3) is 0 Å². The molecule has 21 heavy (non-hydrogen) atoms. The number of hydrogen-bond donors (Lipinski definition) is 0. The third kappa shape index (κ3) is 2.66. The number of ether oxygens (including phenoxy) is 1. The number of carbonyl (C=O) groups is 1. The molecule has 1 heterocycles. The second-order valence-corrected chi connectivity index (χ2v) is 6.75. The van der Waals surface area contributed by atoms with E-state index in [0.717, 1.165) is 12.8 Å². The van der Waals surface area contributed by atoms with Crippen LogP contribution in [-0.4, -0.2) is 24.7 Å². The lowest BCUT2D eigenvalue weighted by Crippen LogP contribution is -2.56. The number of carbonyl (C=O) groups excluding carboxylic acids is 1. The third-order valence-electron chi connectivity index (χ3n) is 4.67. The van der Waals surface area contributed by atoms with E-state index >= 15 is 0 Å². The van der Waals surface area contributed by atoms with Gasteiger partial charge >= 0.3 is 5.97 Å². The SMILES string of the molecule is CCC(C(=O)OC)N1c2c(C)cccc2C(C)CC1(C)C. The number of anilines is 1. The van der Waals surface area contributed by atoms with Crippen molar-refractivity contribution in [3.05, 3.63) is 29.3 Å². The Hall–Kier alpha value is -1.51. The van der Waals surface area contributed by atoms with Crippen molar-refractivity contribution in [3.63, 3.8) is 0 Å². The van der Waals surface area contributed by atoms with Gasteiger partial charge < -0.3 is 9.64 Å². The number of benzene rings is 1. The van der Waals surface area contributed by atoms with Gasteiger partial charge in [-0.05, 0) is 50.7 Å². The van der Waals surface area contributed by atoms with Crippen LogP contribution in [0.5, 0.6) is 0 Å². The Morgan fingerprint density at radius 3 is 2.71 bits per heavy atom. The second kappa shape index (κ2) is 5.70. The Kier molecular flexibility index (Phi) is 4.31. The molecule has 3 nitrogen and oxygen atoms in total. The zero-order chi connectivity index (χ0) is 15.8. The van der Waals surface area contributed by atoms with Gasteiger partial charge in [0.1, 0.15) is 6.04 Å². The number of nitrogens with zero attached hydrogens (tertiary/aromatic N) is 1. The number of aryl methyl sites for hydroxylation is 1. The number of fused-ring (bicyclic) bond motifs is 1. The van der Waals surface area contributed by atoms with Gasteiger partial charge in [-0.25, -0.2) is 4.79 Å². The first-order valence-electron chi connectivity index (χ1n) is 7.80. The highest BCUT2D eigenvalue weighted by Gasteiger charge is 2.42. The van der Waals surface area contributed by atoms with Gasteiger partial charge in [0.2, 0.25) is 0 Å². The van der Waals surface area contributed by atoms with Crippen molar-refractivity contribution >= 4 is 11.7 Å². The topological polar surface area (TPSA) is 29.5 Å². The van der Waals surface area contributed by atoms with Gasteiger partial charge in [0.15, 0.2) is 0 Å². The van der Waals surface area contributed by atoms with Gasteiger partial charge in [-0.2, -0.15) is 0 Å². The van der Waals surface area contributed by atoms with Crippen LogP contribution in [0, 0.1) is 6.92 Å². The fraction of sp³-hybridized carbons (Fsp3) is 0.611.